The van der Waals surface area contributed by atoms with E-state index in [0.29, 0.717) is 30.7 Å². The fourth-order valence-corrected chi connectivity index (χ4v) is 4.35. The maximum Gasteiger partial charge on any atom is 0.222 e. The van der Waals surface area contributed by atoms with Crippen LogP contribution in [0, 0.1) is 0 Å². The molecule has 1 amide bonds. The van der Waals surface area contributed by atoms with Crippen LogP contribution in [0.5, 0.6) is 5.75 Å². The third-order valence-corrected chi connectivity index (χ3v) is 6.12. The molecule has 1 saturated heterocycles. The quantitative estimate of drug-likeness (QED) is 0.568. The number of ether oxygens (including phenoxy) is 1. The van der Waals surface area contributed by atoms with Gasteiger partial charge >= 0.3 is 0 Å². The monoisotopic (exact) mass is 404 g/mol. The Balaban J connectivity index is 1.24. The number of hydrogen-bond acceptors (Lipinski definition) is 3. The molecule has 30 heavy (non-hydrogen) atoms. The maximum absolute atomic E-state index is 12.6. The Morgan fingerprint density at radius 2 is 1.77 bits per heavy atom. The average Bonchev–Trinajstić information content (AvgIpc) is 3.23. The van der Waals surface area contributed by atoms with Crippen LogP contribution in [0.1, 0.15) is 53.9 Å². The molecule has 0 aliphatic carbocycles. The van der Waals surface area contributed by atoms with Gasteiger partial charge in [-0.05, 0) is 61.1 Å². The molecule has 0 radical (unpaired) electrons. The Hall–Kier alpha value is -3.08. The lowest BCUT2D eigenvalue weighted by Gasteiger charge is -2.32. The van der Waals surface area contributed by atoms with Crippen molar-refractivity contribution in [1.82, 2.24) is 9.88 Å². The summed E-state index contributed by atoms with van der Waals surface area (Å²) >= 11 is 0. The van der Waals surface area contributed by atoms with Crippen LogP contribution in [0.2, 0.25) is 0 Å². The van der Waals surface area contributed by atoms with E-state index in [2.05, 4.69) is 29.4 Å². The van der Waals surface area contributed by atoms with Crippen LogP contribution >= 0.6 is 0 Å². The Labute approximate surface area is 177 Å². The summed E-state index contributed by atoms with van der Waals surface area (Å²) in [7, 11) is 1.60. The van der Waals surface area contributed by atoms with Gasteiger partial charge < -0.3 is 14.6 Å². The number of likely N-dealkylation sites (tertiary alicyclic amines) is 1. The number of hydrogen-bond donors (Lipinski definition) is 1. The minimum atomic E-state index is 0.0727. The van der Waals surface area contributed by atoms with Gasteiger partial charge in [0.2, 0.25) is 5.91 Å². The summed E-state index contributed by atoms with van der Waals surface area (Å²) in [6.07, 6.45) is 5.50. The van der Waals surface area contributed by atoms with Gasteiger partial charge in [0.25, 0.3) is 0 Å². The first-order chi connectivity index (χ1) is 14.7. The van der Waals surface area contributed by atoms with Gasteiger partial charge in [0, 0.05) is 48.6 Å². The number of carbonyl (C=O) groups is 2. The topological polar surface area (TPSA) is 62.4 Å². The van der Waals surface area contributed by atoms with E-state index >= 15 is 0 Å². The van der Waals surface area contributed by atoms with Crippen LogP contribution in [-0.2, 0) is 4.79 Å². The molecule has 0 unspecified atom stereocenters. The number of benzene rings is 2. The minimum Gasteiger partial charge on any atom is -0.497 e. The Kier molecular flexibility index (Phi) is 6.17. The number of ketones is 1. The number of aromatic amines is 1. The van der Waals surface area contributed by atoms with Gasteiger partial charge in [-0.1, -0.05) is 18.2 Å². The highest BCUT2D eigenvalue weighted by molar-refractivity contribution is 5.96. The molecule has 1 aromatic heterocycles. The summed E-state index contributed by atoms with van der Waals surface area (Å²) < 4.78 is 5.12. The molecule has 0 spiro atoms. The molecule has 4 rings (SSSR count). The van der Waals surface area contributed by atoms with Crippen LogP contribution in [0.4, 0.5) is 0 Å². The zero-order chi connectivity index (χ0) is 20.9. The molecule has 0 saturated carbocycles. The molecule has 1 fully saturated rings. The highest BCUT2D eigenvalue weighted by Crippen LogP contribution is 2.33. The van der Waals surface area contributed by atoms with E-state index < -0.39 is 0 Å². The first kappa shape index (κ1) is 20.2. The van der Waals surface area contributed by atoms with Gasteiger partial charge in [-0.25, -0.2) is 0 Å². The zero-order valence-electron chi connectivity index (χ0n) is 17.4. The summed E-state index contributed by atoms with van der Waals surface area (Å²) in [4.78, 5) is 30.2. The second-order valence-electron chi connectivity index (χ2n) is 7.95. The van der Waals surface area contributed by atoms with Crippen LogP contribution in [-0.4, -0.2) is 41.8 Å². The van der Waals surface area contributed by atoms with Crippen LogP contribution in [0.15, 0.2) is 54.7 Å². The molecule has 2 aromatic carbocycles. The van der Waals surface area contributed by atoms with Crippen molar-refractivity contribution in [2.45, 2.75) is 38.0 Å². The lowest BCUT2D eigenvalue weighted by atomic mass is 9.89. The van der Waals surface area contributed by atoms with Crippen LogP contribution in [0.3, 0.4) is 0 Å². The third kappa shape index (κ3) is 4.40. The van der Waals surface area contributed by atoms with Gasteiger partial charge in [0.1, 0.15) is 5.75 Å². The SMILES string of the molecule is COc1ccc(C(=O)CCCC(=O)N2CCC(c3c[nH]c4ccccc34)CC2)cc1. The van der Waals surface area contributed by atoms with Crippen molar-refractivity contribution in [3.8, 4) is 5.75 Å². The molecular weight excluding hydrogens is 376 g/mol. The van der Waals surface area contributed by atoms with Crippen molar-refractivity contribution in [3.63, 3.8) is 0 Å². The number of carbonyl (C=O) groups excluding carboxylic acids is 2. The summed E-state index contributed by atoms with van der Waals surface area (Å²) in [5.41, 5.74) is 3.21. The Morgan fingerprint density at radius 3 is 2.50 bits per heavy atom. The first-order valence-corrected chi connectivity index (χ1v) is 10.7. The molecule has 0 atom stereocenters. The number of rotatable bonds is 7. The predicted molar refractivity (Wildman–Crippen MR) is 118 cm³/mol. The van der Waals surface area contributed by atoms with Gasteiger partial charge in [-0.3, -0.25) is 9.59 Å². The molecule has 3 aromatic rings. The molecule has 5 heteroatoms. The second kappa shape index (κ2) is 9.16. The Bertz CT molecular complexity index is 1010. The van der Waals surface area contributed by atoms with Gasteiger partial charge in [0.05, 0.1) is 7.11 Å². The molecule has 2 heterocycles. The van der Waals surface area contributed by atoms with Crippen molar-refractivity contribution >= 4 is 22.6 Å². The number of nitrogens with zero attached hydrogens (tertiary/aromatic N) is 1. The van der Waals surface area contributed by atoms with E-state index in [9.17, 15) is 9.59 Å². The van der Waals surface area contributed by atoms with Gasteiger partial charge in [-0.15, -0.1) is 0 Å². The van der Waals surface area contributed by atoms with Gasteiger partial charge in [0.15, 0.2) is 5.78 Å². The summed E-state index contributed by atoms with van der Waals surface area (Å²) in [5.74, 6) is 1.46. The maximum atomic E-state index is 12.6. The van der Waals surface area contributed by atoms with Crippen molar-refractivity contribution < 1.29 is 14.3 Å². The smallest absolute Gasteiger partial charge is 0.222 e. The minimum absolute atomic E-state index is 0.0727. The van der Waals surface area contributed by atoms with E-state index in [1.165, 1.54) is 16.5 Å². The summed E-state index contributed by atoms with van der Waals surface area (Å²) in [6, 6.07) is 15.5. The summed E-state index contributed by atoms with van der Waals surface area (Å²) in [6.45, 7) is 1.57. The highest BCUT2D eigenvalue weighted by atomic mass is 16.5. The molecular formula is C25H28N2O3. The Morgan fingerprint density at radius 1 is 1.03 bits per heavy atom. The van der Waals surface area contributed by atoms with Crippen LogP contribution in [0.25, 0.3) is 10.9 Å². The number of aromatic nitrogens is 1. The van der Waals surface area contributed by atoms with E-state index in [0.717, 1.165) is 31.7 Å². The van der Waals surface area contributed by atoms with E-state index in [1.54, 1.807) is 31.4 Å². The number of nitrogens with one attached hydrogen (secondary N) is 1. The van der Waals surface area contributed by atoms with Crippen molar-refractivity contribution in [2.75, 3.05) is 20.2 Å². The number of methoxy groups -OCH3 is 1. The zero-order valence-corrected chi connectivity index (χ0v) is 17.4. The molecule has 5 nitrogen and oxygen atoms in total. The van der Waals surface area contributed by atoms with Crippen molar-refractivity contribution in [2.24, 2.45) is 0 Å². The fraction of sp³-hybridized carbons (Fsp3) is 0.360. The lowest BCUT2D eigenvalue weighted by molar-refractivity contribution is -0.132. The molecule has 1 aliphatic rings. The highest BCUT2D eigenvalue weighted by Gasteiger charge is 2.25. The normalized spacial score (nSPS) is 14.8. The standard InChI is InChI=1S/C25H28N2O3/c1-30-20-11-9-19(10-12-20)24(28)7-4-8-25(29)27-15-13-18(14-16-27)22-17-26-23-6-3-2-5-21(22)23/h2-3,5-6,9-12,17-18,26H,4,7-8,13-16H2,1H3. The van der Waals surface area contributed by atoms with E-state index in [4.69, 9.17) is 4.74 Å². The largest absolute Gasteiger partial charge is 0.497 e. The van der Waals surface area contributed by atoms with Crippen molar-refractivity contribution in [1.29, 1.82) is 0 Å². The number of Topliss-reactive ketones (excluding diaryl/α,β-unsaturated/α-hetero) is 1. The lowest BCUT2D eigenvalue weighted by Crippen LogP contribution is -2.37. The number of piperidine rings is 1. The molecule has 0 bridgehead atoms. The van der Waals surface area contributed by atoms with Gasteiger partial charge in [-0.2, -0.15) is 0 Å². The van der Waals surface area contributed by atoms with E-state index in [-0.39, 0.29) is 11.7 Å². The predicted octanol–water partition coefficient (Wildman–Crippen LogP) is 4.94. The number of amides is 1. The van der Waals surface area contributed by atoms with Crippen LogP contribution < -0.4 is 4.74 Å². The molecule has 1 aliphatic heterocycles. The van der Waals surface area contributed by atoms with Crippen molar-refractivity contribution in [3.05, 3.63) is 65.9 Å². The second-order valence-corrected chi connectivity index (χ2v) is 7.95. The first-order valence-electron chi connectivity index (χ1n) is 10.7. The number of H-pyrrole nitrogens is 1. The number of fused-ring (bicyclic) bond motifs is 1. The molecule has 156 valence electrons. The summed E-state index contributed by atoms with van der Waals surface area (Å²) in [5, 5.41) is 1.29. The third-order valence-electron chi connectivity index (χ3n) is 6.12. The fourth-order valence-electron chi connectivity index (χ4n) is 4.35. The average molecular weight is 405 g/mol. The van der Waals surface area contributed by atoms with E-state index in [1.807, 2.05) is 11.0 Å². The molecule has 1 N–H and O–H groups in total. The number of para-hydroxylation sites is 1.